The number of thiophene rings is 1. The fraction of sp³-hybridized carbons (Fsp3) is 0.545. The lowest BCUT2D eigenvalue weighted by molar-refractivity contribution is -0.137. The molecule has 3 nitrogen and oxygen atoms in total. The van der Waals surface area contributed by atoms with Gasteiger partial charge in [0.15, 0.2) is 0 Å². The van der Waals surface area contributed by atoms with Crippen LogP contribution in [0.4, 0.5) is 0 Å². The summed E-state index contributed by atoms with van der Waals surface area (Å²) in [6.07, 6.45) is 1.69. The Labute approximate surface area is 108 Å². The molecular weight excluding hydrogens is 288 g/mol. The highest BCUT2D eigenvalue weighted by atomic mass is 79.9. The summed E-state index contributed by atoms with van der Waals surface area (Å²) in [5.74, 6) is 0.384. The van der Waals surface area contributed by atoms with Crippen molar-refractivity contribution >= 4 is 33.2 Å². The second kappa shape index (κ2) is 4.85. The highest BCUT2D eigenvalue weighted by Gasteiger charge is 2.33. The quantitative estimate of drug-likeness (QED) is 0.930. The Morgan fingerprint density at radius 3 is 2.81 bits per heavy atom. The first-order chi connectivity index (χ1) is 7.56. The molecule has 0 saturated heterocycles. The van der Waals surface area contributed by atoms with Crippen LogP contribution in [-0.2, 0) is 11.3 Å². The Balaban J connectivity index is 1.88. The van der Waals surface area contributed by atoms with E-state index in [9.17, 15) is 4.79 Å². The van der Waals surface area contributed by atoms with Crippen LogP contribution in [0, 0.1) is 5.92 Å². The molecule has 0 atom stereocenters. The summed E-state index contributed by atoms with van der Waals surface area (Å²) in [7, 11) is 1.86. The molecular formula is C11H15BrN2OS. The molecule has 0 bridgehead atoms. The largest absolute Gasteiger partial charge is 0.340 e. The summed E-state index contributed by atoms with van der Waals surface area (Å²) in [6.45, 7) is 0.695. The SMILES string of the molecule is CN(Cc1ccc(Br)s1)C(=O)C1CC(N)C1. The van der Waals surface area contributed by atoms with Crippen LogP contribution in [0.3, 0.4) is 0 Å². The van der Waals surface area contributed by atoms with Crippen molar-refractivity contribution in [3.8, 4) is 0 Å². The summed E-state index contributed by atoms with van der Waals surface area (Å²) in [4.78, 5) is 14.9. The number of halogens is 1. The fourth-order valence-corrected chi connectivity index (χ4v) is 3.46. The van der Waals surface area contributed by atoms with E-state index in [0.717, 1.165) is 16.6 Å². The molecule has 1 aliphatic rings. The van der Waals surface area contributed by atoms with Gasteiger partial charge in [0.25, 0.3) is 0 Å². The predicted molar refractivity (Wildman–Crippen MR) is 69.2 cm³/mol. The van der Waals surface area contributed by atoms with Crippen molar-refractivity contribution in [2.45, 2.75) is 25.4 Å². The van der Waals surface area contributed by atoms with Gasteiger partial charge in [0.05, 0.1) is 10.3 Å². The zero-order chi connectivity index (χ0) is 11.7. The van der Waals surface area contributed by atoms with Gasteiger partial charge in [-0.05, 0) is 40.9 Å². The van der Waals surface area contributed by atoms with E-state index in [2.05, 4.69) is 15.9 Å². The van der Waals surface area contributed by atoms with Gasteiger partial charge in [-0.25, -0.2) is 0 Å². The standard InChI is InChI=1S/C11H15BrN2OS/c1-14(6-9-2-3-10(12)16-9)11(15)7-4-8(13)5-7/h2-3,7-8H,4-6,13H2,1H3. The lowest BCUT2D eigenvalue weighted by Crippen LogP contribution is -2.45. The van der Waals surface area contributed by atoms with Crippen molar-refractivity contribution in [3.05, 3.63) is 20.8 Å². The minimum atomic E-state index is 0.156. The van der Waals surface area contributed by atoms with E-state index in [1.807, 2.05) is 19.2 Å². The predicted octanol–water partition coefficient (Wildman–Crippen LogP) is 2.21. The molecule has 1 aromatic heterocycles. The average Bonchev–Trinajstić information content (AvgIpc) is 2.58. The topological polar surface area (TPSA) is 46.3 Å². The van der Waals surface area contributed by atoms with Gasteiger partial charge in [-0.2, -0.15) is 0 Å². The van der Waals surface area contributed by atoms with E-state index in [1.165, 1.54) is 4.88 Å². The highest BCUT2D eigenvalue weighted by Crippen LogP contribution is 2.28. The van der Waals surface area contributed by atoms with Gasteiger partial charge in [-0.3, -0.25) is 4.79 Å². The van der Waals surface area contributed by atoms with Crippen LogP contribution in [0.5, 0.6) is 0 Å². The molecule has 0 aromatic carbocycles. The molecule has 0 radical (unpaired) electrons. The van der Waals surface area contributed by atoms with Crippen LogP contribution < -0.4 is 5.73 Å². The number of hydrogen-bond donors (Lipinski definition) is 1. The van der Waals surface area contributed by atoms with Crippen LogP contribution >= 0.6 is 27.3 Å². The molecule has 1 amide bonds. The van der Waals surface area contributed by atoms with E-state index >= 15 is 0 Å². The molecule has 1 aromatic rings. The number of amides is 1. The number of nitrogens with zero attached hydrogens (tertiary/aromatic N) is 1. The lowest BCUT2D eigenvalue weighted by Gasteiger charge is -2.34. The van der Waals surface area contributed by atoms with Crippen LogP contribution in [0.25, 0.3) is 0 Å². The number of hydrogen-bond acceptors (Lipinski definition) is 3. The van der Waals surface area contributed by atoms with Crippen molar-refractivity contribution in [1.82, 2.24) is 4.90 Å². The van der Waals surface area contributed by atoms with E-state index in [4.69, 9.17) is 5.73 Å². The molecule has 88 valence electrons. The number of carbonyl (C=O) groups excluding carboxylic acids is 1. The molecule has 1 saturated carbocycles. The van der Waals surface area contributed by atoms with Crippen molar-refractivity contribution in [1.29, 1.82) is 0 Å². The first-order valence-corrected chi connectivity index (χ1v) is 6.92. The zero-order valence-corrected chi connectivity index (χ0v) is 11.6. The van der Waals surface area contributed by atoms with Crippen molar-refractivity contribution < 1.29 is 4.79 Å². The van der Waals surface area contributed by atoms with Crippen LogP contribution in [0.1, 0.15) is 17.7 Å². The Bertz CT molecular complexity index is 387. The Morgan fingerprint density at radius 1 is 1.62 bits per heavy atom. The first kappa shape index (κ1) is 12.1. The second-order valence-corrected chi connectivity index (χ2v) is 6.88. The third kappa shape index (κ3) is 2.64. The molecule has 2 rings (SSSR count). The number of carbonyl (C=O) groups is 1. The maximum absolute atomic E-state index is 11.9. The van der Waals surface area contributed by atoms with Gasteiger partial charge in [-0.15, -0.1) is 11.3 Å². The molecule has 16 heavy (non-hydrogen) atoms. The second-order valence-electron chi connectivity index (χ2n) is 4.33. The molecule has 1 aliphatic carbocycles. The summed E-state index contributed by atoms with van der Waals surface area (Å²) in [5, 5.41) is 0. The van der Waals surface area contributed by atoms with E-state index < -0.39 is 0 Å². The molecule has 5 heteroatoms. The highest BCUT2D eigenvalue weighted by molar-refractivity contribution is 9.11. The van der Waals surface area contributed by atoms with Gasteiger partial charge >= 0.3 is 0 Å². The van der Waals surface area contributed by atoms with Gasteiger partial charge in [0.2, 0.25) is 5.91 Å². The fourth-order valence-electron chi connectivity index (χ4n) is 1.92. The Kier molecular flexibility index (Phi) is 3.66. The molecule has 1 heterocycles. The van der Waals surface area contributed by atoms with Crippen LogP contribution in [-0.4, -0.2) is 23.9 Å². The van der Waals surface area contributed by atoms with Crippen molar-refractivity contribution in [2.24, 2.45) is 11.7 Å². The molecule has 0 unspecified atom stereocenters. The van der Waals surface area contributed by atoms with E-state index in [1.54, 1.807) is 16.2 Å². The van der Waals surface area contributed by atoms with E-state index in [0.29, 0.717) is 6.54 Å². The third-order valence-corrected chi connectivity index (χ3v) is 4.53. The minimum absolute atomic E-state index is 0.156. The molecule has 1 fully saturated rings. The van der Waals surface area contributed by atoms with Crippen LogP contribution in [0.15, 0.2) is 15.9 Å². The molecule has 2 N–H and O–H groups in total. The summed E-state index contributed by atoms with van der Waals surface area (Å²) >= 11 is 5.09. The van der Waals surface area contributed by atoms with Crippen molar-refractivity contribution in [3.63, 3.8) is 0 Å². The van der Waals surface area contributed by atoms with Crippen LogP contribution in [0.2, 0.25) is 0 Å². The first-order valence-electron chi connectivity index (χ1n) is 5.31. The average molecular weight is 303 g/mol. The smallest absolute Gasteiger partial charge is 0.225 e. The Hall–Kier alpha value is -0.390. The monoisotopic (exact) mass is 302 g/mol. The molecule has 0 spiro atoms. The normalized spacial score (nSPS) is 23.9. The van der Waals surface area contributed by atoms with Crippen molar-refractivity contribution in [2.75, 3.05) is 7.05 Å². The number of nitrogens with two attached hydrogens (primary N) is 1. The summed E-state index contributed by atoms with van der Waals surface area (Å²) in [6, 6.07) is 4.29. The van der Waals surface area contributed by atoms with E-state index in [-0.39, 0.29) is 17.9 Å². The Morgan fingerprint density at radius 2 is 2.31 bits per heavy atom. The summed E-state index contributed by atoms with van der Waals surface area (Å²) in [5.41, 5.74) is 5.69. The summed E-state index contributed by atoms with van der Waals surface area (Å²) < 4.78 is 1.11. The van der Waals surface area contributed by atoms with Gasteiger partial charge < -0.3 is 10.6 Å². The van der Waals surface area contributed by atoms with Gasteiger partial charge in [-0.1, -0.05) is 0 Å². The molecule has 0 aliphatic heterocycles. The minimum Gasteiger partial charge on any atom is -0.340 e. The number of rotatable bonds is 3. The third-order valence-electron chi connectivity index (χ3n) is 2.92. The lowest BCUT2D eigenvalue weighted by atomic mass is 9.80. The van der Waals surface area contributed by atoms with Gasteiger partial charge in [0, 0.05) is 23.9 Å². The maximum atomic E-state index is 11.9. The maximum Gasteiger partial charge on any atom is 0.225 e. The van der Waals surface area contributed by atoms with Gasteiger partial charge in [0.1, 0.15) is 0 Å². The zero-order valence-electron chi connectivity index (χ0n) is 9.15.